The maximum atomic E-state index is 12.7. The molecule has 0 spiro atoms. The lowest BCUT2D eigenvalue weighted by Gasteiger charge is -2.21. The van der Waals surface area contributed by atoms with Crippen LogP contribution in [0, 0.1) is 0 Å². The van der Waals surface area contributed by atoms with Gasteiger partial charge in [0.2, 0.25) is 5.91 Å². The van der Waals surface area contributed by atoms with Crippen LogP contribution in [0.4, 0.5) is 39.8 Å². The van der Waals surface area contributed by atoms with Gasteiger partial charge in [0.15, 0.2) is 5.17 Å². The predicted octanol–water partition coefficient (Wildman–Crippen LogP) is 7.39. The van der Waals surface area contributed by atoms with Gasteiger partial charge < -0.3 is 20.7 Å². The Bertz CT molecular complexity index is 1520. The highest BCUT2D eigenvalue weighted by Crippen LogP contribution is 2.35. The van der Waals surface area contributed by atoms with Crippen molar-refractivity contribution in [1.29, 1.82) is 0 Å². The molecule has 1 saturated heterocycles. The van der Waals surface area contributed by atoms with Gasteiger partial charge in [-0.05, 0) is 72.0 Å². The molecule has 3 aromatic rings. The summed E-state index contributed by atoms with van der Waals surface area (Å²) < 4.78 is 40.6. The van der Waals surface area contributed by atoms with Crippen molar-refractivity contribution >= 4 is 63.6 Å². The van der Waals surface area contributed by atoms with Gasteiger partial charge in [0, 0.05) is 22.9 Å². The summed E-state index contributed by atoms with van der Waals surface area (Å²) >= 11 is 7.38. The van der Waals surface area contributed by atoms with Crippen molar-refractivity contribution in [1.82, 2.24) is 5.32 Å². The lowest BCUT2D eigenvalue weighted by Crippen LogP contribution is -2.32. The van der Waals surface area contributed by atoms with E-state index < -0.39 is 24.2 Å². The van der Waals surface area contributed by atoms with E-state index in [-0.39, 0.29) is 35.0 Å². The van der Waals surface area contributed by atoms with Gasteiger partial charge in [-0.3, -0.25) is 9.69 Å². The fraction of sp³-hybridized carbons (Fsp3) is 0.241. The second kappa shape index (κ2) is 13.8. The van der Waals surface area contributed by atoms with E-state index in [0.29, 0.717) is 22.8 Å². The van der Waals surface area contributed by atoms with Crippen molar-refractivity contribution in [2.24, 2.45) is 4.99 Å². The number of amidine groups is 1. The molecule has 9 nitrogen and oxygen atoms in total. The Hall–Kier alpha value is -4.23. The molecule has 0 saturated carbocycles. The number of carbonyl (C=O) groups excluding carboxylic acids is 3. The first-order valence-electron chi connectivity index (χ1n) is 13.0. The molecule has 43 heavy (non-hydrogen) atoms. The van der Waals surface area contributed by atoms with Crippen LogP contribution in [-0.2, 0) is 11.2 Å². The largest absolute Gasteiger partial charge is 0.573 e. The molecule has 0 aliphatic carbocycles. The van der Waals surface area contributed by atoms with E-state index in [1.807, 2.05) is 19.9 Å². The first-order valence-corrected chi connectivity index (χ1v) is 14.4. The van der Waals surface area contributed by atoms with Crippen LogP contribution < -0.4 is 25.6 Å². The molecule has 0 atom stereocenters. The Morgan fingerprint density at radius 3 is 2.26 bits per heavy atom. The number of nitrogens with zero attached hydrogens (tertiary/aromatic N) is 2. The molecule has 5 amide bonds. The molecule has 4 rings (SSSR count). The van der Waals surface area contributed by atoms with Crippen LogP contribution in [0.3, 0.4) is 0 Å². The Balaban J connectivity index is 1.27. The highest BCUT2D eigenvalue weighted by atomic mass is 35.5. The van der Waals surface area contributed by atoms with Crippen molar-refractivity contribution in [2.75, 3.05) is 27.8 Å². The third-order valence-electron chi connectivity index (χ3n) is 6.07. The molecule has 226 valence electrons. The van der Waals surface area contributed by atoms with Crippen LogP contribution in [-0.4, -0.2) is 41.8 Å². The van der Waals surface area contributed by atoms with Gasteiger partial charge >= 0.3 is 18.4 Å². The summed E-state index contributed by atoms with van der Waals surface area (Å²) in [6, 6.07) is 15.8. The number of rotatable bonds is 8. The molecule has 1 aliphatic rings. The molecule has 1 aliphatic heterocycles. The first kappa shape index (κ1) is 31.7. The molecule has 3 aromatic carbocycles. The van der Waals surface area contributed by atoms with E-state index >= 15 is 0 Å². The van der Waals surface area contributed by atoms with Crippen molar-refractivity contribution in [3.05, 3.63) is 82.9 Å². The van der Waals surface area contributed by atoms with Crippen molar-refractivity contribution in [3.63, 3.8) is 0 Å². The van der Waals surface area contributed by atoms with Gasteiger partial charge in [0.05, 0.1) is 11.4 Å². The summed E-state index contributed by atoms with van der Waals surface area (Å²) in [6.07, 6.45) is -4.32. The number of aliphatic imine (C=N–C) groups is 1. The number of amides is 5. The summed E-state index contributed by atoms with van der Waals surface area (Å²) in [4.78, 5) is 43.1. The first-order chi connectivity index (χ1) is 20.4. The minimum absolute atomic E-state index is 0.124. The van der Waals surface area contributed by atoms with Crippen LogP contribution in [0.25, 0.3) is 0 Å². The molecular weight excluding hydrogens is 607 g/mol. The summed E-state index contributed by atoms with van der Waals surface area (Å²) in [5.41, 5.74) is 3.17. The summed E-state index contributed by atoms with van der Waals surface area (Å²) in [5, 5.41) is 8.64. The van der Waals surface area contributed by atoms with Gasteiger partial charge in [0.25, 0.3) is 0 Å². The van der Waals surface area contributed by atoms with Gasteiger partial charge in [-0.2, -0.15) is 4.99 Å². The number of alkyl halides is 3. The van der Waals surface area contributed by atoms with Gasteiger partial charge in [0.1, 0.15) is 5.75 Å². The molecule has 1 heterocycles. The molecular formula is C29H27ClF3N5O4S. The van der Waals surface area contributed by atoms with Crippen molar-refractivity contribution in [2.45, 2.75) is 32.5 Å². The number of benzene rings is 3. The number of ether oxygens (including phenoxy) is 1. The second-order valence-corrected chi connectivity index (χ2v) is 11.0. The molecule has 3 N–H and O–H groups in total. The quantitative estimate of drug-likeness (QED) is 0.239. The standard InChI is InChI=1S/C29H27ClF3N5O4S/c1-17(2)23-12-5-19(30)15-24(23)38-25(39)16-43-28(38)37-26(40)34-14-13-18-3-6-20(7-4-18)35-27(41)36-21-8-10-22(11-9-21)42-29(31,32)33/h3-12,15,17H,13-14,16H2,1-2H3,(H,34,40)(H2,35,36,41)/b37-28-. The maximum absolute atomic E-state index is 12.7. The molecule has 0 bridgehead atoms. The Morgan fingerprint density at radius 2 is 1.65 bits per heavy atom. The zero-order valence-corrected chi connectivity index (χ0v) is 24.6. The minimum Gasteiger partial charge on any atom is -0.406 e. The molecule has 0 aromatic heterocycles. The lowest BCUT2D eigenvalue weighted by atomic mass is 10.0. The van der Waals surface area contributed by atoms with Crippen LogP contribution in [0.1, 0.15) is 30.9 Å². The fourth-order valence-corrected chi connectivity index (χ4v) is 5.13. The molecule has 0 unspecified atom stereocenters. The van der Waals surface area contributed by atoms with E-state index in [1.165, 1.54) is 28.8 Å². The van der Waals surface area contributed by atoms with Crippen LogP contribution >= 0.6 is 23.4 Å². The normalized spacial score (nSPS) is 14.3. The number of halogens is 4. The van der Waals surface area contributed by atoms with Crippen molar-refractivity contribution in [3.8, 4) is 5.75 Å². The molecule has 1 fully saturated rings. The highest BCUT2D eigenvalue weighted by molar-refractivity contribution is 8.15. The molecule has 14 heteroatoms. The van der Waals surface area contributed by atoms with Crippen LogP contribution in [0.5, 0.6) is 5.75 Å². The monoisotopic (exact) mass is 633 g/mol. The average Bonchev–Trinajstić information content (AvgIpc) is 3.29. The second-order valence-electron chi connectivity index (χ2n) is 9.60. The number of nitrogens with one attached hydrogen (secondary N) is 3. The van der Waals surface area contributed by atoms with Gasteiger partial charge in [-0.15, -0.1) is 13.2 Å². The average molecular weight is 634 g/mol. The van der Waals surface area contributed by atoms with Crippen LogP contribution in [0.15, 0.2) is 71.7 Å². The smallest absolute Gasteiger partial charge is 0.406 e. The maximum Gasteiger partial charge on any atom is 0.573 e. The van der Waals surface area contributed by atoms with E-state index in [4.69, 9.17) is 11.6 Å². The number of hydrogen-bond donors (Lipinski definition) is 3. The zero-order valence-electron chi connectivity index (χ0n) is 23.0. The van der Waals surface area contributed by atoms with E-state index in [0.717, 1.165) is 23.3 Å². The number of thioether (sulfide) groups is 1. The molecule has 0 radical (unpaired) electrons. The summed E-state index contributed by atoms with van der Waals surface area (Å²) in [5.74, 6) is -0.293. The van der Waals surface area contributed by atoms with E-state index in [2.05, 4.69) is 25.7 Å². The zero-order chi connectivity index (χ0) is 31.1. The van der Waals surface area contributed by atoms with Crippen molar-refractivity contribution < 1.29 is 32.3 Å². The number of hydrogen-bond acceptors (Lipinski definition) is 5. The highest BCUT2D eigenvalue weighted by Gasteiger charge is 2.33. The van der Waals surface area contributed by atoms with E-state index in [9.17, 15) is 27.6 Å². The summed E-state index contributed by atoms with van der Waals surface area (Å²) in [7, 11) is 0. The fourth-order valence-electron chi connectivity index (χ4n) is 4.11. The number of anilines is 3. The van der Waals surface area contributed by atoms with Gasteiger partial charge in [-0.25, -0.2) is 9.59 Å². The lowest BCUT2D eigenvalue weighted by molar-refractivity contribution is -0.274. The number of carbonyl (C=O) groups is 3. The van der Waals surface area contributed by atoms with E-state index in [1.54, 1.807) is 36.4 Å². The SMILES string of the molecule is CC(C)c1ccc(Cl)cc1N1C(=O)CS/C1=N\C(=O)NCCc1ccc(NC(=O)Nc2ccc(OC(F)(F)F)cc2)cc1. The Morgan fingerprint density at radius 1 is 1.02 bits per heavy atom. The topological polar surface area (TPSA) is 112 Å². The summed E-state index contributed by atoms with van der Waals surface area (Å²) in [6.45, 7) is 4.29. The third-order valence-corrected chi connectivity index (χ3v) is 7.22. The minimum atomic E-state index is -4.80. The van der Waals surface area contributed by atoms with Gasteiger partial charge in [-0.1, -0.05) is 55.4 Å². The third kappa shape index (κ3) is 9.13. The number of urea groups is 2. The van der Waals surface area contributed by atoms with Crippen LogP contribution in [0.2, 0.25) is 5.02 Å². The Labute approximate surface area is 254 Å². The predicted molar refractivity (Wildman–Crippen MR) is 162 cm³/mol. The Kier molecular flexibility index (Phi) is 10.2.